The molecule has 0 N–H and O–H groups in total. The Balaban J connectivity index is 1.53. The highest BCUT2D eigenvalue weighted by atomic mass is 79.9. The predicted octanol–water partition coefficient (Wildman–Crippen LogP) is 6.25. The van der Waals surface area contributed by atoms with Gasteiger partial charge in [-0.1, -0.05) is 57.9 Å². The zero-order valence-electron chi connectivity index (χ0n) is 15.0. The van der Waals surface area contributed by atoms with Crippen molar-refractivity contribution in [1.29, 1.82) is 0 Å². The van der Waals surface area contributed by atoms with Crippen LogP contribution in [0.2, 0.25) is 0 Å². The van der Waals surface area contributed by atoms with Gasteiger partial charge in [0.25, 0.3) is 11.1 Å². The van der Waals surface area contributed by atoms with Crippen LogP contribution in [0.4, 0.5) is 4.79 Å². The molecule has 1 aliphatic heterocycles. The summed E-state index contributed by atoms with van der Waals surface area (Å²) < 4.78 is 6.80. The van der Waals surface area contributed by atoms with Crippen molar-refractivity contribution in [3.63, 3.8) is 0 Å². The van der Waals surface area contributed by atoms with Crippen LogP contribution >= 0.6 is 27.7 Å². The van der Waals surface area contributed by atoms with Crippen molar-refractivity contribution in [3.05, 3.63) is 86.9 Å². The van der Waals surface area contributed by atoms with Crippen LogP contribution in [0, 0.1) is 6.92 Å². The fourth-order valence-electron chi connectivity index (χ4n) is 2.87. The Bertz CT molecular complexity index is 1090. The minimum atomic E-state index is -0.295. The van der Waals surface area contributed by atoms with Gasteiger partial charge in [-0.25, -0.2) is 0 Å². The largest absolute Gasteiger partial charge is 0.457 e. The smallest absolute Gasteiger partial charge is 0.293 e. The zero-order chi connectivity index (χ0) is 19.7. The molecule has 2 amide bonds. The molecule has 4 rings (SSSR count). The van der Waals surface area contributed by atoms with Gasteiger partial charge >= 0.3 is 0 Å². The van der Waals surface area contributed by atoms with Crippen molar-refractivity contribution in [1.82, 2.24) is 4.90 Å². The van der Waals surface area contributed by atoms with Crippen molar-refractivity contribution in [2.24, 2.45) is 0 Å². The lowest BCUT2D eigenvalue weighted by Crippen LogP contribution is -2.27. The molecule has 140 valence electrons. The highest BCUT2D eigenvalue weighted by Crippen LogP contribution is 2.34. The third kappa shape index (κ3) is 3.98. The van der Waals surface area contributed by atoms with Gasteiger partial charge in [-0.2, -0.15) is 0 Å². The van der Waals surface area contributed by atoms with Crippen molar-refractivity contribution in [3.8, 4) is 11.3 Å². The molecule has 1 aliphatic rings. The minimum Gasteiger partial charge on any atom is -0.457 e. The average Bonchev–Trinajstić information content (AvgIpc) is 3.24. The normalized spacial score (nSPS) is 15.6. The molecule has 28 heavy (non-hydrogen) atoms. The third-order valence-electron chi connectivity index (χ3n) is 4.34. The molecule has 1 fully saturated rings. The first-order valence-corrected chi connectivity index (χ1v) is 10.3. The fraction of sp³-hybridized carbons (Fsp3) is 0.0909. The van der Waals surface area contributed by atoms with E-state index in [1.54, 1.807) is 12.1 Å². The van der Waals surface area contributed by atoms with Gasteiger partial charge in [-0.3, -0.25) is 14.5 Å². The van der Waals surface area contributed by atoms with Gasteiger partial charge in [0.15, 0.2) is 0 Å². The number of rotatable bonds is 4. The average molecular weight is 454 g/mol. The second-order valence-corrected chi connectivity index (χ2v) is 8.37. The summed E-state index contributed by atoms with van der Waals surface area (Å²) in [7, 11) is 0. The quantitative estimate of drug-likeness (QED) is 0.437. The van der Waals surface area contributed by atoms with Gasteiger partial charge in [0.2, 0.25) is 0 Å². The molecule has 0 radical (unpaired) electrons. The van der Waals surface area contributed by atoms with E-state index < -0.39 is 0 Å². The Hall–Kier alpha value is -2.57. The fourth-order valence-corrected chi connectivity index (χ4v) is 4.09. The number of aryl methyl sites for hydroxylation is 1. The summed E-state index contributed by atoms with van der Waals surface area (Å²) in [5.41, 5.74) is 2.99. The lowest BCUT2D eigenvalue weighted by molar-refractivity contribution is -0.123. The molecule has 2 aromatic carbocycles. The molecule has 0 spiro atoms. The summed E-state index contributed by atoms with van der Waals surface area (Å²) in [6, 6.07) is 19.2. The van der Waals surface area contributed by atoms with Crippen molar-refractivity contribution >= 4 is 44.9 Å². The number of carbonyl (C=O) groups is 2. The van der Waals surface area contributed by atoms with E-state index in [4.69, 9.17) is 4.42 Å². The van der Waals surface area contributed by atoms with E-state index in [0.29, 0.717) is 16.4 Å². The first kappa shape index (κ1) is 18.8. The Morgan fingerprint density at radius 3 is 2.61 bits per heavy atom. The monoisotopic (exact) mass is 453 g/mol. The molecule has 0 unspecified atom stereocenters. The van der Waals surface area contributed by atoms with E-state index in [9.17, 15) is 9.59 Å². The summed E-state index contributed by atoms with van der Waals surface area (Å²) in [6.07, 6.45) is 1.63. The summed E-state index contributed by atoms with van der Waals surface area (Å²) in [6.45, 7) is 2.27. The number of benzene rings is 2. The molecule has 0 aliphatic carbocycles. The number of hydrogen-bond donors (Lipinski definition) is 0. The van der Waals surface area contributed by atoms with Crippen molar-refractivity contribution < 1.29 is 14.0 Å². The highest BCUT2D eigenvalue weighted by molar-refractivity contribution is 9.10. The Morgan fingerprint density at radius 2 is 1.86 bits per heavy atom. The van der Waals surface area contributed by atoms with Crippen LogP contribution in [-0.2, 0) is 11.3 Å². The van der Waals surface area contributed by atoms with E-state index in [-0.39, 0.29) is 17.7 Å². The van der Waals surface area contributed by atoms with Crippen molar-refractivity contribution in [2.45, 2.75) is 13.5 Å². The maximum Gasteiger partial charge on any atom is 0.293 e. The molecule has 4 nitrogen and oxygen atoms in total. The van der Waals surface area contributed by atoms with Crippen LogP contribution < -0.4 is 0 Å². The van der Waals surface area contributed by atoms with Gasteiger partial charge in [-0.05, 0) is 48.5 Å². The molecular formula is C22H16BrNO3S. The Labute approximate surface area is 175 Å². The molecular weight excluding hydrogens is 438 g/mol. The molecule has 0 atom stereocenters. The number of amides is 2. The van der Waals surface area contributed by atoms with Gasteiger partial charge < -0.3 is 4.42 Å². The molecule has 2 heterocycles. The van der Waals surface area contributed by atoms with Gasteiger partial charge in [0.05, 0.1) is 11.4 Å². The maximum atomic E-state index is 12.7. The standard InChI is InChI=1S/C22H16BrNO3S/c1-14-5-7-15(8-6-14)13-24-21(25)20(28-22(24)26)12-18-9-10-19(27-18)16-3-2-4-17(23)11-16/h2-12H,13H2,1H3/b20-12-. The van der Waals surface area contributed by atoms with Crippen LogP contribution in [0.25, 0.3) is 17.4 Å². The molecule has 1 saturated heterocycles. The topological polar surface area (TPSA) is 50.5 Å². The van der Waals surface area contributed by atoms with Crippen LogP contribution in [0.1, 0.15) is 16.9 Å². The lowest BCUT2D eigenvalue weighted by Gasteiger charge is -2.12. The zero-order valence-corrected chi connectivity index (χ0v) is 17.4. The molecule has 1 aromatic heterocycles. The summed E-state index contributed by atoms with van der Waals surface area (Å²) in [5.74, 6) is 0.943. The molecule has 0 saturated carbocycles. The van der Waals surface area contributed by atoms with E-state index in [2.05, 4.69) is 15.9 Å². The molecule has 3 aromatic rings. The SMILES string of the molecule is Cc1ccc(CN2C(=O)S/C(=C\c3ccc(-c4cccc(Br)c4)o3)C2=O)cc1. The number of hydrogen-bond acceptors (Lipinski definition) is 4. The lowest BCUT2D eigenvalue weighted by atomic mass is 10.1. The molecule has 0 bridgehead atoms. The number of halogens is 1. The number of carbonyl (C=O) groups excluding carboxylic acids is 2. The van der Waals surface area contributed by atoms with Gasteiger partial charge in [0, 0.05) is 16.1 Å². The van der Waals surface area contributed by atoms with E-state index >= 15 is 0 Å². The number of nitrogens with zero attached hydrogens (tertiary/aromatic N) is 1. The van der Waals surface area contributed by atoms with E-state index in [1.165, 1.54) is 4.90 Å². The summed E-state index contributed by atoms with van der Waals surface area (Å²) in [4.78, 5) is 26.6. The first-order valence-electron chi connectivity index (χ1n) is 8.66. The second-order valence-electron chi connectivity index (χ2n) is 6.47. The highest BCUT2D eigenvalue weighted by Gasteiger charge is 2.35. The Kier molecular flexibility index (Phi) is 5.24. The van der Waals surface area contributed by atoms with Gasteiger partial charge in [-0.15, -0.1) is 0 Å². The van der Waals surface area contributed by atoms with E-state index in [1.807, 2.05) is 61.5 Å². The second kappa shape index (κ2) is 7.81. The van der Waals surface area contributed by atoms with Crippen LogP contribution in [0.5, 0.6) is 0 Å². The van der Waals surface area contributed by atoms with Crippen molar-refractivity contribution in [2.75, 3.05) is 0 Å². The van der Waals surface area contributed by atoms with Crippen LogP contribution in [0.15, 0.2) is 74.5 Å². The van der Waals surface area contributed by atoms with E-state index in [0.717, 1.165) is 32.9 Å². The van der Waals surface area contributed by atoms with Crippen LogP contribution in [-0.4, -0.2) is 16.0 Å². The molecule has 6 heteroatoms. The van der Waals surface area contributed by atoms with Crippen LogP contribution in [0.3, 0.4) is 0 Å². The summed E-state index contributed by atoms with van der Waals surface area (Å²) >= 11 is 4.38. The summed E-state index contributed by atoms with van der Waals surface area (Å²) in [5, 5.41) is -0.268. The number of imide groups is 1. The minimum absolute atomic E-state index is 0.268. The third-order valence-corrected chi connectivity index (χ3v) is 5.74. The predicted molar refractivity (Wildman–Crippen MR) is 115 cm³/mol. The Morgan fingerprint density at radius 1 is 1.07 bits per heavy atom. The maximum absolute atomic E-state index is 12.7. The first-order chi connectivity index (χ1) is 13.5. The van der Waals surface area contributed by atoms with Gasteiger partial charge in [0.1, 0.15) is 11.5 Å². The number of furan rings is 1. The number of thioether (sulfide) groups is 1.